The van der Waals surface area contributed by atoms with Crippen molar-refractivity contribution < 1.29 is 14.4 Å². The number of carbonyl (C=O) groups excluding carboxylic acids is 3. The van der Waals surface area contributed by atoms with Gasteiger partial charge in [0, 0.05) is 6.04 Å². The van der Waals surface area contributed by atoms with Crippen molar-refractivity contribution >= 4 is 17.8 Å². The minimum Gasteiger partial charge on any atom is -0.367 e. The van der Waals surface area contributed by atoms with Crippen LogP contribution in [0.1, 0.15) is 24.8 Å². The van der Waals surface area contributed by atoms with E-state index in [1.165, 1.54) is 5.56 Å². The summed E-state index contributed by atoms with van der Waals surface area (Å²) in [6.45, 7) is 1.89. The van der Waals surface area contributed by atoms with Crippen molar-refractivity contribution in [2.75, 3.05) is 0 Å². The summed E-state index contributed by atoms with van der Waals surface area (Å²) >= 11 is 0. The van der Waals surface area contributed by atoms with Crippen molar-refractivity contribution in [2.45, 2.75) is 31.3 Å². The molecule has 3 atom stereocenters. The molecule has 0 unspecified atom stereocenters. The van der Waals surface area contributed by atoms with Gasteiger partial charge in [-0.2, -0.15) is 0 Å². The van der Waals surface area contributed by atoms with Gasteiger partial charge in [0.2, 0.25) is 11.8 Å². The van der Waals surface area contributed by atoms with Crippen molar-refractivity contribution in [3.05, 3.63) is 35.9 Å². The lowest BCUT2D eigenvalue weighted by molar-refractivity contribution is -0.128. The van der Waals surface area contributed by atoms with Gasteiger partial charge < -0.3 is 22.1 Å². The number of urea groups is 1. The first kappa shape index (κ1) is 15.8. The maximum absolute atomic E-state index is 11.8. The fourth-order valence-corrected chi connectivity index (χ4v) is 2.62. The van der Waals surface area contributed by atoms with Crippen LogP contribution >= 0.6 is 0 Å². The first-order chi connectivity index (χ1) is 10.4. The van der Waals surface area contributed by atoms with Gasteiger partial charge in [-0.3, -0.25) is 9.59 Å². The van der Waals surface area contributed by atoms with Crippen LogP contribution in [0.25, 0.3) is 0 Å². The third-order valence-electron chi connectivity index (χ3n) is 3.91. The Kier molecular flexibility index (Phi) is 4.65. The first-order valence-electron chi connectivity index (χ1n) is 7.10. The van der Waals surface area contributed by atoms with Crippen molar-refractivity contribution in [2.24, 2.45) is 17.4 Å². The largest absolute Gasteiger partial charge is 0.367 e. The summed E-state index contributed by atoms with van der Waals surface area (Å²) in [5, 5.41) is 4.90. The Morgan fingerprint density at radius 3 is 2.23 bits per heavy atom. The molecule has 0 aromatic heterocycles. The van der Waals surface area contributed by atoms with Crippen LogP contribution in [-0.2, 0) is 9.59 Å². The highest BCUT2D eigenvalue weighted by molar-refractivity contribution is 6.05. The smallest absolute Gasteiger partial charge is 0.316 e. The molecule has 6 N–H and O–H groups in total. The molecule has 7 nitrogen and oxygen atoms in total. The highest BCUT2D eigenvalue weighted by atomic mass is 16.2. The average Bonchev–Trinajstić information content (AvgIpc) is 3.25. The second-order valence-electron chi connectivity index (χ2n) is 5.56. The maximum Gasteiger partial charge on any atom is 0.316 e. The quantitative estimate of drug-likeness (QED) is 0.544. The highest BCUT2D eigenvalue weighted by Gasteiger charge is 2.42. The molecule has 4 amide bonds. The number of nitrogens with two attached hydrogens (primary N) is 2. The molecule has 0 spiro atoms. The van der Waals surface area contributed by atoms with Crippen LogP contribution in [-0.4, -0.2) is 29.9 Å². The lowest BCUT2D eigenvalue weighted by Gasteiger charge is -2.17. The average molecular weight is 304 g/mol. The highest BCUT2D eigenvalue weighted by Crippen LogP contribution is 2.49. The summed E-state index contributed by atoms with van der Waals surface area (Å²) in [5.74, 6) is -1.22. The Hall–Kier alpha value is -2.57. The van der Waals surface area contributed by atoms with Crippen LogP contribution in [0.3, 0.4) is 0 Å². The van der Waals surface area contributed by atoms with Crippen LogP contribution in [0.4, 0.5) is 4.79 Å². The predicted molar refractivity (Wildman–Crippen MR) is 80.6 cm³/mol. The molecule has 0 heterocycles. The van der Waals surface area contributed by atoms with Crippen molar-refractivity contribution in [1.82, 2.24) is 10.6 Å². The fourth-order valence-electron chi connectivity index (χ4n) is 2.62. The Bertz CT molecular complexity index is 561. The lowest BCUT2D eigenvalue weighted by atomic mass is 10.1. The molecular formula is C15H20N4O3. The summed E-state index contributed by atoms with van der Waals surface area (Å²) in [4.78, 5) is 33.9. The summed E-state index contributed by atoms with van der Waals surface area (Å²) in [7, 11) is 0. The third-order valence-corrected chi connectivity index (χ3v) is 3.91. The predicted octanol–water partition coefficient (Wildman–Crippen LogP) is -0.183. The number of amides is 4. The van der Waals surface area contributed by atoms with E-state index in [2.05, 4.69) is 22.8 Å². The Balaban J connectivity index is 1.85. The van der Waals surface area contributed by atoms with E-state index < -0.39 is 23.9 Å². The molecular weight excluding hydrogens is 284 g/mol. The second kappa shape index (κ2) is 6.46. The molecule has 0 saturated heterocycles. The number of hydrogen-bond acceptors (Lipinski definition) is 3. The van der Waals surface area contributed by atoms with E-state index in [1.54, 1.807) is 0 Å². The van der Waals surface area contributed by atoms with Gasteiger partial charge in [0.15, 0.2) is 6.04 Å². The summed E-state index contributed by atoms with van der Waals surface area (Å²) < 4.78 is 0. The number of carbonyl (C=O) groups is 3. The Labute approximate surface area is 128 Å². The van der Waals surface area contributed by atoms with Gasteiger partial charge in [-0.1, -0.05) is 30.3 Å². The van der Waals surface area contributed by atoms with Crippen molar-refractivity contribution in [3.8, 4) is 0 Å². The summed E-state index contributed by atoms with van der Waals surface area (Å²) in [5.41, 5.74) is 11.3. The van der Waals surface area contributed by atoms with Gasteiger partial charge >= 0.3 is 6.03 Å². The first-order valence-corrected chi connectivity index (χ1v) is 7.10. The topological polar surface area (TPSA) is 127 Å². The molecule has 1 aromatic rings. The van der Waals surface area contributed by atoms with E-state index in [1.807, 2.05) is 25.1 Å². The molecule has 0 bridgehead atoms. The number of benzene rings is 1. The van der Waals surface area contributed by atoms with E-state index in [-0.39, 0.29) is 6.04 Å². The number of hydrogen-bond donors (Lipinski definition) is 4. The van der Waals surface area contributed by atoms with Gasteiger partial charge in [-0.05, 0) is 30.7 Å². The van der Waals surface area contributed by atoms with E-state index in [0.29, 0.717) is 11.8 Å². The molecule has 118 valence electrons. The van der Waals surface area contributed by atoms with Crippen molar-refractivity contribution in [3.63, 3.8) is 0 Å². The maximum atomic E-state index is 11.8. The minimum absolute atomic E-state index is 0.0911. The zero-order valence-corrected chi connectivity index (χ0v) is 12.3. The third kappa shape index (κ3) is 3.75. The molecule has 0 aliphatic heterocycles. The molecule has 2 rings (SSSR count). The van der Waals surface area contributed by atoms with Crippen LogP contribution in [0, 0.1) is 5.92 Å². The molecule has 7 heteroatoms. The standard InChI is InChI=1S/C15H20N4O3/c1-8(10-7-11(10)9-5-3-2-4-6-9)18-15(22)19-12(13(16)20)14(17)21/h2-6,8,10-12H,7H2,1H3,(H2,16,20)(H2,17,21)(H2,18,19,22)/t8-,10+,11-/m0/s1. The fraction of sp³-hybridized carbons (Fsp3) is 0.400. The monoisotopic (exact) mass is 304 g/mol. The van der Waals surface area contributed by atoms with Gasteiger partial charge in [0.25, 0.3) is 0 Å². The second-order valence-corrected chi connectivity index (χ2v) is 5.56. The van der Waals surface area contributed by atoms with Crippen molar-refractivity contribution in [1.29, 1.82) is 0 Å². The Morgan fingerprint density at radius 1 is 1.09 bits per heavy atom. The van der Waals surface area contributed by atoms with Gasteiger partial charge in [-0.25, -0.2) is 4.79 Å². The molecule has 22 heavy (non-hydrogen) atoms. The van der Waals surface area contributed by atoms with Crippen LogP contribution < -0.4 is 22.1 Å². The Morgan fingerprint density at radius 2 is 1.68 bits per heavy atom. The van der Waals surface area contributed by atoms with Crippen LogP contribution in [0.2, 0.25) is 0 Å². The zero-order chi connectivity index (χ0) is 16.3. The number of nitrogens with one attached hydrogen (secondary N) is 2. The minimum atomic E-state index is -1.50. The molecule has 0 radical (unpaired) electrons. The molecule has 1 saturated carbocycles. The number of primary amides is 2. The van der Waals surface area contributed by atoms with Gasteiger partial charge in [-0.15, -0.1) is 0 Å². The van der Waals surface area contributed by atoms with Gasteiger partial charge in [0.05, 0.1) is 0 Å². The zero-order valence-electron chi connectivity index (χ0n) is 12.3. The molecule has 1 aliphatic rings. The van der Waals surface area contributed by atoms with Crippen LogP contribution in [0.15, 0.2) is 30.3 Å². The van der Waals surface area contributed by atoms with Crippen LogP contribution in [0.5, 0.6) is 0 Å². The molecule has 1 aromatic carbocycles. The SMILES string of the molecule is C[C@H](NC(=O)NC(C(N)=O)C(N)=O)[C@H]1C[C@H]1c1ccccc1. The van der Waals surface area contributed by atoms with E-state index in [4.69, 9.17) is 11.5 Å². The number of rotatable bonds is 6. The summed E-state index contributed by atoms with van der Waals surface area (Å²) in [6, 6.07) is 7.84. The molecule has 1 fully saturated rings. The lowest BCUT2D eigenvalue weighted by Crippen LogP contribution is -2.56. The normalized spacial score (nSPS) is 21.0. The molecule has 1 aliphatic carbocycles. The van der Waals surface area contributed by atoms with E-state index in [0.717, 1.165) is 6.42 Å². The van der Waals surface area contributed by atoms with E-state index in [9.17, 15) is 14.4 Å². The van der Waals surface area contributed by atoms with E-state index >= 15 is 0 Å². The van der Waals surface area contributed by atoms with Gasteiger partial charge in [0.1, 0.15) is 0 Å². The summed E-state index contributed by atoms with van der Waals surface area (Å²) in [6.07, 6.45) is 0.987.